The van der Waals surface area contributed by atoms with E-state index in [0.717, 1.165) is 6.42 Å². The fourth-order valence-electron chi connectivity index (χ4n) is 1.96. The third-order valence-corrected chi connectivity index (χ3v) is 2.70. The Hall–Kier alpha value is -1.45. The van der Waals surface area contributed by atoms with Crippen molar-refractivity contribution in [1.82, 2.24) is 0 Å². The second-order valence-electron chi connectivity index (χ2n) is 3.55. The largest absolute Gasteiger partial charge is 0.396 e. The van der Waals surface area contributed by atoms with E-state index in [-0.39, 0.29) is 11.5 Å². The van der Waals surface area contributed by atoms with Crippen molar-refractivity contribution in [2.45, 2.75) is 25.3 Å². The molecule has 1 aromatic rings. The summed E-state index contributed by atoms with van der Waals surface area (Å²) in [5.74, 6) is -0.379. The zero-order valence-electron chi connectivity index (χ0n) is 7.66. The molecule has 2 rings (SSSR count). The lowest BCUT2D eigenvalue weighted by Gasteiger charge is -2.20. The fraction of sp³-hybridized carbons (Fsp3) is 0.400. The Labute approximate surface area is 81.1 Å². The van der Waals surface area contributed by atoms with Gasteiger partial charge in [-0.2, -0.15) is 4.91 Å². The summed E-state index contributed by atoms with van der Waals surface area (Å²) in [6.07, 6.45) is 2.15. The summed E-state index contributed by atoms with van der Waals surface area (Å²) in [5, 5.41) is 3.00. The van der Waals surface area contributed by atoms with Crippen molar-refractivity contribution < 1.29 is 4.39 Å². The Kier molecular flexibility index (Phi) is 2.19. The molecule has 0 aliphatic heterocycles. The molecule has 2 N–H and O–H groups in total. The zero-order valence-corrected chi connectivity index (χ0v) is 7.66. The van der Waals surface area contributed by atoms with E-state index in [1.54, 1.807) is 6.07 Å². The molecule has 0 heterocycles. The van der Waals surface area contributed by atoms with Gasteiger partial charge in [0.15, 0.2) is 0 Å². The van der Waals surface area contributed by atoms with Crippen molar-refractivity contribution in [3.63, 3.8) is 0 Å². The van der Waals surface area contributed by atoms with Crippen LogP contribution in [0, 0.1) is 10.7 Å². The molecule has 74 valence electrons. The van der Waals surface area contributed by atoms with E-state index in [9.17, 15) is 9.30 Å². The standard InChI is InChI=1S/C10H11FN2O/c11-10-7-2-1-3-9(13-14)6(7)4-5-8(10)12/h4-5,9H,1-3,12H2. The van der Waals surface area contributed by atoms with Crippen molar-refractivity contribution >= 4 is 5.69 Å². The van der Waals surface area contributed by atoms with Crippen molar-refractivity contribution in [2.24, 2.45) is 5.18 Å². The van der Waals surface area contributed by atoms with Crippen LogP contribution in [0.4, 0.5) is 10.1 Å². The fourth-order valence-corrected chi connectivity index (χ4v) is 1.96. The van der Waals surface area contributed by atoms with E-state index in [0.29, 0.717) is 24.0 Å². The minimum Gasteiger partial charge on any atom is -0.396 e. The highest BCUT2D eigenvalue weighted by molar-refractivity contribution is 5.48. The Bertz CT molecular complexity index is 379. The van der Waals surface area contributed by atoms with Crippen molar-refractivity contribution in [3.05, 3.63) is 34.0 Å². The Balaban J connectivity index is 2.55. The highest BCUT2D eigenvalue weighted by Crippen LogP contribution is 2.35. The van der Waals surface area contributed by atoms with Gasteiger partial charge < -0.3 is 5.73 Å². The van der Waals surface area contributed by atoms with Gasteiger partial charge in [-0.3, -0.25) is 0 Å². The third kappa shape index (κ3) is 1.27. The van der Waals surface area contributed by atoms with Gasteiger partial charge in [-0.25, -0.2) is 4.39 Å². The number of anilines is 1. The lowest BCUT2D eigenvalue weighted by atomic mass is 9.87. The van der Waals surface area contributed by atoms with Crippen molar-refractivity contribution in [3.8, 4) is 0 Å². The molecule has 1 aliphatic carbocycles. The Morgan fingerprint density at radius 3 is 3.00 bits per heavy atom. The molecule has 0 saturated carbocycles. The van der Waals surface area contributed by atoms with Gasteiger partial charge in [0.25, 0.3) is 0 Å². The molecule has 0 aromatic heterocycles. The molecule has 0 bridgehead atoms. The van der Waals surface area contributed by atoms with E-state index in [4.69, 9.17) is 5.73 Å². The molecule has 1 aliphatic rings. The molecule has 4 heteroatoms. The molecule has 1 aromatic carbocycles. The lowest BCUT2D eigenvalue weighted by Crippen LogP contribution is -2.11. The van der Waals surface area contributed by atoms with Crippen LogP contribution in [0.5, 0.6) is 0 Å². The maximum Gasteiger partial charge on any atom is 0.149 e. The average Bonchev–Trinajstić information content (AvgIpc) is 2.23. The first kappa shape index (κ1) is 9.12. The van der Waals surface area contributed by atoms with E-state index in [1.807, 2.05) is 0 Å². The molecular weight excluding hydrogens is 183 g/mol. The zero-order chi connectivity index (χ0) is 10.1. The topological polar surface area (TPSA) is 55.4 Å². The number of rotatable bonds is 1. The van der Waals surface area contributed by atoms with E-state index in [2.05, 4.69) is 5.18 Å². The normalized spacial score (nSPS) is 20.2. The van der Waals surface area contributed by atoms with Gasteiger partial charge in [0.1, 0.15) is 11.9 Å². The van der Waals surface area contributed by atoms with Gasteiger partial charge in [0.2, 0.25) is 0 Å². The highest BCUT2D eigenvalue weighted by atomic mass is 19.1. The van der Waals surface area contributed by atoms with Crippen LogP contribution in [-0.2, 0) is 6.42 Å². The van der Waals surface area contributed by atoms with Gasteiger partial charge in [-0.15, -0.1) is 0 Å². The number of fused-ring (bicyclic) bond motifs is 1. The molecule has 0 spiro atoms. The number of nitrogen functional groups attached to an aromatic ring is 1. The van der Waals surface area contributed by atoms with Crippen LogP contribution < -0.4 is 5.73 Å². The molecular formula is C10H11FN2O. The number of halogens is 1. The van der Waals surface area contributed by atoms with Gasteiger partial charge in [-0.05, 0) is 36.5 Å². The summed E-state index contributed by atoms with van der Waals surface area (Å²) in [7, 11) is 0. The number of nitroso groups, excluding NO2 is 1. The summed E-state index contributed by atoms with van der Waals surface area (Å²) < 4.78 is 13.5. The second kappa shape index (κ2) is 3.36. The third-order valence-electron chi connectivity index (χ3n) is 2.70. The summed E-state index contributed by atoms with van der Waals surface area (Å²) in [4.78, 5) is 10.5. The first-order valence-corrected chi connectivity index (χ1v) is 4.63. The number of nitrogens with two attached hydrogens (primary N) is 1. The van der Waals surface area contributed by atoms with Crippen molar-refractivity contribution in [2.75, 3.05) is 5.73 Å². The Morgan fingerprint density at radius 2 is 2.29 bits per heavy atom. The Morgan fingerprint density at radius 1 is 1.50 bits per heavy atom. The maximum atomic E-state index is 13.5. The smallest absolute Gasteiger partial charge is 0.149 e. The summed E-state index contributed by atoms with van der Waals surface area (Å²) in [5.41, 5.74) is 6.87. The number of nitrogens with zero attached hydrogens (tertiary/aromatic N) is 1. The predicted octanol–water partition coefficient (Wildman–Crippen LogP) is 2.55. The molecule has 1 unspecified atom stereocenters. The van der Waals surface area contributed by atoms with Gasteiger partial charge in [-0.1, -0.05) is 11.2 Å². The lowest BCUT2D eigenvalue weighted by molar-refractivity contribution is 0.533. The first-order chi connectivity index (χ1) is 6.74. The molecule has 0 saturated heterocycles. The van der Waals surface area contributed by atoms with Gasteiger partial charge >= 0.3 is 0 Å². The molecule has 1 atom stereocenters. The molecule has 0 radical (unpaired) electrons. The predicted molar refractivity (Wildman–Crippen MR) is 52.3 cm³/mol. The summed E-state index contributed by atoms with van der Waals surface area (Å²) >= 11 is 0. The number of hydrogen-bond donors (Lipinski definition) is 1. The monoisotopic (exact) mass is 194 g/mol. The maximum absolute atomic E-state index is 13.5. The van der Waals surface area contributed by atoms with Crippen LogP contribution in [0.25, 0.3) is 0 Å². The van der Waals surface area contributed by atoms with Crippen LogP contribution in [-0.4, -0.2) is 0 Å². The van der Waals surface area contributed by atoms with E-state index in [1.165, 1.54) is 6.07 Å². The van der Waals surface area contributed by atoms with Crippen molar-refractivity contribution in [1.29, 1.82) is 0 Å². The SMILES string of the molecule is Nc1ccc2c(c1F)CCCC2N=O. The van der Waals surface area contributed by atoms with Gasteiger partial charge in [0, 0.05) is 0 Å². The van der Waals surface area contributed by atoms with Crippen LogP contribution >= 0.6 is 0 Å². The van der Waals surface area contributed by atoms with Crippen LogP contribution in [0.15, 0.2) is 17.3 Å². The summed E-state index contributed by atoms with van der Waals surface area (Å²) in [6, 6.07) is 2.81. The van der Waals surface area contributed by atoms with Crippen LogP contribution in [0.1, 0.15) is 30.0 Å². The number of benzene rings is 1. The van der Waals surface area contributed by atoms with E-state index >= 15 is 0 Å². The molecule has 0 fully saturated rings. The summed E-state index contributed by atoms with van der Waals surface area (Å²) in [6.45, 7) is 0. The minimum atomic E-state index is -0.395. The number of hydrogen-bond acceptors (Lipinski definition) is 3. The second-order valence-corrected chi connectivity index (χ2v) is 3.55. The molecule has 0 amide bonds. The van der Waals surface area contributed by atoms with Crippen LogP contribution in [0.3, 0.4) is 0 Å². The average molecular weight is 194 g/mol. The quantitative estimate of drug-likeness (QED) is 0.551. The first-order valence-electron chi connectivity index (χ1n) is 4.63. The molecule has 14 heavy (non-hydrogen) atoms. The van der Waals surface area contributed by atoms with E-state index < -0.39 is 6.04 Å². The minimum absolute atomic E-state index is 0.148. The van der Waals surface area contributed by atoms with Crippen LogP contribution in [0.2, 0.25) is 0 Å². The highest BCUT2D eigenvalue weighted by Gasteiger charge is 2.24. The van der Waals surface area contributed by atoms with Gasteiger partial charge in [0.05, 0.1) is 5.69 Å². The molecule has 3 nitrogen and oxygen atoms in total.